The van der Waals surface area contributed by atoms with Gasteiger partial charge in [-0.1, -0.05) is 74.2 Å². The van der Waals surface area contributed by atoms with Crippen molar-refractivity contribution in [2.24, 2.45) is 5.73 Å². The molecule has 0 fully saturated rings. The van der Waals surface area contributed by atoms with Gasteiger partial charge in [0.15, 0.2) is 0 Å². The summed E-state index contributed by atoms with van der Waals surface area (Å²) in [7, 11) is 0. The van der Waals surface area contributed by atoms with Gasteiger partial charge in [-0.2, -0.15) is 0 Å². The van der Waals surface area contributed by atoms with Crippen LogP contribution in [0.3, 0.4) is 0 Å². The van der Waals surface area contributed by atoms with Crippen LogP contribution >= 0.6 is 0 Å². The third-order valence-corrected chi connectivity index (χ3v) is 3.74. The third-order valence-electron chi connectivity index (χ3n) is 3.74. The van der Waals surface area contributed by atoms with Crippen LogP contribution in [0.2, 0.25) is 0 Å². The van der Waals surface area contributed by atoms with Gasteiger partial charge in [0.2, 0.25) is 0 Å². The van der Waals surface area contributed by atoms with Crippen molar-refractivity contribution in [3.05, 3.63) is 84.6 Å². The molecule has 124 valence electrons. The lowest BCUT2D eigenvalue weighted by Crippen LogP contribution is -2.31. The molecule has 0 radical (unpaired) electrons. The molecular formula is C21H30N2. The summed E-state index contributed by atoms with van der Waals surface area (Å²) in [5, 5.41) is 3.69. The van der Waals surface area contributed by atoms with Crippen LogP contribution in [-0.2, 0) is 12.8 Å². The number of benzene rings is 2. The number of nitrogens with two attached hydrogens (primary N) is 1. The first-order chi connectivity index (χ1) is 11.3. The Balaban J connectivity index is 0.000000816. The quantitative estimate of drug-likeness (QED) is 0.713. The van der Waals surface area contributed by atoms with Crippen LogP contribution in [0.1, 0.15) is 30.9 Å². The monoisotopic (exact) mass is 310 g/mol. The summed E-state index contributed by atoms with van der Waals surface area (Å²) in [6.07, 6.45) is 5.92. The van der Waals surface area contributed by atoms with Crippen LogP contribution < -0.4 is 11.1 Å². The molecule has 0 heterocycles. The molecule has 2 rings (SSSR count). The predicted molar refractivity (Wildman–Crippen MR) is 101 cm³/mol. The molecule has 0 aliphatic rings. The van der Waals surface area contributed by atoms with Gasteiger partial charge in [-0.15, -0.1) is 0 Å². The fourth-order valence-electron chi connectivity index (χ4n) is 2.50. The van der Waals surface area contributed by atoms with Gasteiger partial charge in [-0.05, 0) is 49.6 Å². The van der Waals surface area contributed by atoms with E-state index in [1.165, 1.54) is 30.2 Å². The minimum Gasteiger partial charge on any atom is -0.405 e. The molecule has 3 N–H and O–H groups in total. The molecule has 23 heavy (non-hydrogen) atoms. The standard InChI is InChI=1S/C19H25N.C2H5N/c1-2-19(16-18-12-7-4-8-13-18)20-15-9-14-17-10-5-3-6-11-17;1-2-3/h3-8,10-13,19-20H,2,9,14-16H2,1H3;2H,1,3H2. The number of rotatable bonds is 8. The lowest BCUT2D eigenvalue weighted by molar-refractivity contribution is 0.488. The lowest BCUT2D eigenvalue weighted by atomic mass is 10.0. The van der Waals surface area contributed by atoms with Crippen molar-refractivity contribution in [2.45, 2.75) is 38.6 Å². The van der Waals surface area contributed by atoms with Crippen LogP contribution in [0, 0.1) is 0 Å². The second-order valence-corrected chi connectivity index (χ2v) is 5.57. The van der Waals surface area contributed by atoms with E-state index < -0.39 is 0 Å². The molecule has 2 aromatic carbocycles. The molecule has 0 amide bonds. The van der Waals surface area contributed by atoms with Gasteiger partial charge < -0.3 is 11.1 Å². The molecule has 0 aliphatic heterocycles. The summed E-state index contributed by atoms with van der Waals surface area (Å²) >= 11 is 0. The normalized spacial score (nSPS) is 11.2. The fraction of sp³-hybridized carbons (Fsp3) is 0.333. The molecule has 2 aromatic rings. The highest BCUT2D eigenvalue weighted by atomic mass is 14.9. The van der Waals surface area contributed by atoms with Gasteiger partial charge in [0.05, 0.1) is 0 Å². The van der Waals surface area contributed by atoms with Gasteiger partial charge in [-0.3, -0.25) is 0 Å². The second kappa shape index (κ2) is 12.5. The zero-order valence-electron chi connectivity index (χ0n) is 14.2. The van der Waals surface area contributed by atoms with E-state index >= 15 is 0 Å². The zero-order valence-corrected chi connectivity index (χ0v) is 14.2. The topological polar surface area (TPSA) is 38.0 Å². The average Bonchev–Trinajstić information content (AvgIpc) is 2.60. The average molecular weight is 310 g/mol. The van der Waals surface area contributed by atoms with Crippen LogP contribution in [0.25, 0.3) is 0 Å². The molecule has 2 nitrogen and oxygen atoms in total. The first-order valence-corrected chi connectivity index (χ1v) is 8.44. The van der Waals surface area contributed by atoms with Gasteiger partial charge in [0.25, 0.3) is 0 Å². The Morgan fingerprint density at radius 1 is 1.00 bits per heavy atom. The summed E-state index contributed by atoms with van der Waals surface area (Å²) in [5.74, 6) is 0. The highest BCUT2D eigenvalue weighted by molar-refractivity contribution is 5.16. The summed E-state index contributed by atoms with van der Waals surface area (Å²) in [6, 6.07) is 22.1. The number of hydrogen-bond acceptors (Lipinski definition) is 2. The number of nitrogens with one attached hydrogen (secondary N) is 1. The smallest absolute Gasteiger partial charge is 0.0105 e. The van der Waals surface area contributed by atoms with Crippen LogP contribution in [0.15, 0.2) is 73.4 Å². The molecule has 1 unspecified atom stereocenters. The summed E-state index contributed by atoms with van der Waals surface area (Å²) in [5.41, 5.74) is 7.47. The largest absolute Gasteiger partial charge is 0.405 e. The van der Waals surface area contributed by atoms with Crippen molar-refractivity contribution >= 4 is 0 Å². The Morgan fingerprint density at radius 3 is 2.04 bits per heavy atom. The molecule has 0 saturated heterocycles. The SMILES string of the molecule is C=CN.CCC(Cc1ccccc1)NCCCc1ccccc1. The molecule has 1 atom stereocenters. The Bertz CT molecular complexity index is 508. The summed E-state index contributed by atoms with van der Waals surface area (Å²) in [4.78, 5) is 0. The molecule has 2 heteroatoms. The van der Waals surface area contributed by atoms with Crippen molar-refractivity contribution in [3.63, 3.8) is 0 Å². The molecule has 0 spiro atoms. The van der Waals surface area contributed by atoms with Gasteiger partial charge >= 0.3 is 0 Å². The van der Waals surface area contributed by atoms with Crippen LogP contribution in [0.5, 0.6) is 0 Å². The predicted octanol–water partition coefficient (Wildman–Crippen LogP) is 4.32. The molecule has 0 saturated carbocycles. The number of hydrogen-bond donors (Lipinski definition) is 2. The van der Waals surface area contributed by atoms with E-state index in [2.05, 4.69) is 85.2 Å². The first-order valence-electron chi connectivity index (χ1n) is 8.44. The third kappa shape index (κ3) is 8.84. The van der Waals surface area contributed by atoms with Crippen LogP contribution in [0.4, 0.5) is 0 Å². The Morgan fingerprint density at radius 2 is 1.52 bits per heavy atom. The van der Waals surface area contributed by atoms with E-state index in [4.69, 9.17) is 0 Å². The minimum absolute atomic E-state index is 0.591. The number of aryl methyl sites for hydroxylation is 1. The van der Waals surface area contributed by atoms with Crippen molar-refractivity contribution in [3.8, 4) is 0 Å². The fourth-order valence-corrected chi connectivity index (χ4v) is 2.50. The maximum atomic E-state index is 4.61. The molecule has 0 aliphatic carbocycles. The Labute approximate surface area is 141 Å². The van der Waals surface area contributed by atoms with E-state index in [0.29, 0.717) is 6.04 Å². The van der Waals surface area contributed by atoms with Gasteiger partial charge in [0.1, 0.15) is 0 Å². The second-order valence-electron chi connectivity index (χ2n) is 5.57. The van der Waals surface area contributed by atoms with Gasteiger partial charge in [-0.25, -0.2) is 0 Å². The highest BCUT2D eigenvalue weighted by Gasteiger charge is 2.05. The van der Waals surface area contributed by atoms with Crippen molar-refractivity contribution in [1.29, 1.82) is 0 Å². The Hall–Kier alpha value is -2.06. The maximum absolute atomic E-state index is 4.61. The van der Waals surface area contributed by atoms with Crippen molar-refractivity contribution in [1.82, 2.24) is 5.32 Å². The van der Waals surface area contributed by atoms with Crippen molar-refractivity contribution < 1.29 is 0 Å². The minimum atomic E-state index is 0.591. The maximum Gasteiger partial charge on any atom is 0.0105 e. The lowest BCUT2D eigenvalue weighted by Gasteiger charge is -2.17. The summed E-state index contributed by atoms with van der Waals surface area (Å²) in [6.45, 7) is 6.50. The zero-order chi connectivity index (χ0) is 16.8. The van der Waals surface area contributed by atoms with E-state index in [1.807, 2.05) is 0 Å². The Kier molecular flexibility index (Phi) is 10.3. The van der Waals surface area contributed by atoms with E-state index in [0.717, 1.165) is 19.4 Å². The van der Waals surface area contributed by atoms with Gasteiger partial charge in [0, 0.05) is 6.04 Å². The summed E-state index contributed by atoms with van der Waals surface area (Å²) < 4.78 is 0. The first kappa shape index (κ1) is 19.0. The molecule has 0 aromatic heterocycles. The van der Waals surface area contributed by atoms with Crippen LogP contribution in [-0.4, -0.2) is 12.6 Å². The van der Waals surface area contributed by atoms with E-state index in [9.17, 15) is 0 Å². The molecular weight excluding hydrogens is 280 g/mol. The molecule has 0 bridgehead atoms. The van der Waals surface area contributed by atoms with E-state index in [-0.39, 0.29) is 0 Å². The van der Waals surface area contributed by atoms with Crippen molar-refractivity contribution in [2.75, 3.05) is 6.54 Å². The highest BCUT2D eigenvalue weighted by Crippen LogP contribution is 2.06. The van der Waals surface area contributed by atoms with E-state index in [1.54, 1.807) is 0 Å².